The zero-order valence-electron chi connectivity index (χ0n) is 11.5. The number of benzene rings is 1. The average molecular weight is 311 g/mol. The van der Waals surface area contributed by atoms with Gasteiger partial charge in [-0.3, -0.25) is 0 Å². The Kier molecular flexibility index (Phi) is 5.83. The van der Waals surface area contributed by atoms with Crippen molar-refractivity contribution in [2.45, 2.75) is 25.7 Å². The number of rotatable bonds is 7. The summed E-state index contributed by atoms with van der Waals surface area (Å²) in [6.07, 6.45) is 3.63. The number of halogens is 1. The maximum absolute atomic E-state index is 6.25. The van der Waals surface area contributed by atoms with Crippen LogP contribution in [0.1, 0.15) is 29.8 Å². The molecule has 2 aromatic rings. The summed E-state index contributed by atoms with van der Waals surface area (Å²) in [6, 6.07) is 5.94. The molecule has 0 amide bonds. The van der Waals surface area contributed by atoms with Crippen molar-refractivity contribution >= 4 is 22.9 Å². The van der Waals surface area contributed by atoms with E-state index in [-0.39, 0.29) is 5.92 Å². The Labute approximate surface area is 128 Å². The highest BCUT2D eigenvalue weighted by atomic mass is 35.5. The zero-order valence-corrected chi connectivity index (χ0v) is 13.1. The molecule has 1 unspecified atom stereocenters. The summed E-state index contributed by atoms with van der Waals surface area (Å²) in [4.78, 5) is 4.34. The van der Waals surface area contributed by atoms with Crippen molar-refractivity contribution in [2.24, 2.45) is 5.73 Å². The highest BCUT2D eigenvalue weighted by molar-refractivity contribution is 7.09. The molecule has 0 radical (unpaired) electrons. The SMILES string of the molecule is CCCOc1ccc(CC(CN)c2nccs2)cc1Cl. The van der Waals surface area contributed by atoms with Gasteiger partial charge in [0, 0.05) is 24.0 Å². The Morgan fingerprint density at radius 2 is 2.30 bits per heavy atom. The molecule has 1 aromatic carbocycles. The van der Waals surface area contributed by atoms with E-state index < -0.39 is 0 Å². The first kappa shape index (κ1) is 15.3. The van der Waals surface area contributed by atoms with Crippen molar-refractivity contribution in [3.63, 3.8) is 0 Å². The van der Waals surface area contributed by atoms with Crippen molar-refractivity contribution in [3.8, 4) is 5.75 Å². The molecule has 1 heterocycles. The van der Waals surface area contributed by atoms with Crippen molar-refractivity contribution in [1.29, 1.82) is 0 Å². The molecule has 1 aromatic heterocycles. The van der Waals surface area contributed by atoms with E-state index in [1.54, 1.807) is 11.3 Å². The van der Waals surface area contributed by atoms with E-state index >= 15 is 0 Å². The number of thiazole rings is 1. The second kappa shape index (κ2) is 7.62. The third kappa shape index (κ3) is 3.95. The van der Waals surface area contributed by atoms with E-state index in [4.69, 9.17) is 22.1 Å². The third-order valence-corrected chi connectivity index (χ3v) is 4.26. The summed E-state index contributed by atoms with van der Waals surface area (Å²) in [6.45, 7) is 3.34. The zero-order chi connectivity index (χ0) is 14.4. The molecular formula is C15H19ClN2OS. The molecule has 0 aliphatic rings. The van der Waals surface area contributed by atoms with Crippen LogP contribution < -0.4 is 10.5 Å². The van der Waals surface area contributed by atoms with Crippen LogP contribution in [0.3, 0.4) is 0 Å². The Morgan fingerprint density at radius 1 is 1.45 bits per heavy atom. The van der Waals surface area contributed by atoms with Gasteiger partial charge in [-0.1, -0.05) is 24.6 Å². The van der Waals surface area contributed by atoms with E-state index in [1.165, 1.54) is 0 Å². The summed E-state index contributed by atoms with van der Waals surface area (Å²) >= 11 is 7.89. The lowest BCUT2D eigenvalue weighted by molar-refractivity contribution is 0.317. The minimum Gasteiger partial charge on any atom is -0.492 e. The molecule has 0 saturated heterocycles. The first-order chi connectivity index (χ1) is 9.74. The van der Waals surface area contributed by atoms with Gasteiger partial charge in [0.15, 0.2) is 0 Å². The van der Waals surface area contributed by atoms with E-state index in [1.807, 2.05) is 29.8 Å². The number of hydrogen-bond donors (Lipinski definition) is 1. The monoisotopic (exact) mass is 310 g/mol. The van der Waals surface area contributed by atoms with Crippen LogP contribution in [0.5, 0.6) is 5.75 Å². The molecule has 0 saturated carbocycles. The van der Waals surface area contributed by atoms with Crippen molar-refractivity contribution < 1.29 is 4.74 Å². The molecule has 0 bridgehead atoms. The maximum Gasteiger partial charge on any atom is 0.137 e. The number of ether oxygens (including phenoxy) is 1. The summed E-state index contributed by atoms with van der Waals surface area (Å²) < 4.78 is 5.58. The Bertz CT molecular complexity index is 531. The molecule has 108 valence electrons. The van der Waals surface area contributed by atoms with Gasteiger partial charge in [0.2, 0.25) is 0 Å². The fourth-order valence-corrected chi connectivity index (χ4v) is 3.01. The lowest BCUT2D eigenvalue weighted by Crippen LogP contribution is -2.14. The maximum atomic E-state index is 6.25. The highest BCUT2D eigenvalue weighted by Crippen LogP contribution is 2.28. The molecule has 2 N–H and O–H groups in total. The molecule has 3 nitrogen and oxygen atoms in total. The van der Waals surface area contributed by atoms with Crippen molar-refractivity contribution in [1.82, 2.24) is 4.98 Å². The van der Waals surface area contributed by atoms with Crippen LogP contribution in [0.2, 0.25) is 5.02 Å². The van der Waals surface area contributed by atoms with Gasteiger partial charge < -0.3 is 10.5 Å². The molecule has 2 rings (SSSR count). The van der Waals surface area contributed by atoms with Crippen LogP contribution >= 0.6 is 22.9 Å². The van der Waals surface area contributed by atoms with Crippen molar-refractivity contribution in [3.05, 3.63) is 45.4 Å². The Hall–Kier alpha value is -1.10. The number of hydrogen-bond acceptors (Lipinski definition) is 4. The fourth-order valence-electron chi connectivity index (χ4n) is 1.99. The normalized spacial score (nSPS) is 12.3. The molecule has 0 aliphatic carbocycles. The van der Waals surface area contributed by atoms with E-state index in [0.717, 1.165) is 29.2 Å². The van der Waals surface area contributed by atoms with Crippen LogP contribution in [0.25, 0.3) is 0 Å². The summed E-state index contributed by atoms with van der Waals surface area (Å²) in [5.74, 6) is 0.990. The van der Waals surface area contributed by atoms with Crippen LogP contribution in [-0.2, 0) is 6.42 Å². The van der Waals surface area contributed by atoms with E-state index in [2.05, 4.69) is 11.9 Å². The standard InChI is InChI=1S/C15H19ClN2OS/c1-2-6-19-14-4-3-11(9-13(14)16)8-12(10-17)15-18-5-7-20-15/h3-5,7,9,12H,2,6,8,10,17H2,1H3. The van der Waals surface area contributed by atoms with Gasteiger partial charge in [0.05, 0.1) is 16.6 Å². The molecule has 0 fully saturated rings. The predicted molar refractivity (Wildman–Crippen MR) is 84.9 cm³/mol. The molecule has 5 heteroatoms. The molecule has 0 aliphatic heterocycles. The molecule has 1 atom stereocenters. The first-order valence-electron chi connectivity index (χ1n) is 6.75. The van der Waals surface area contributed by atoms with Gasteiger partial charge in [-0.15, -0.1) is 11.3 Å². The Balaban J connectivity index is 2.07. The largest absolute Gasteiger partial charge is 0.492 e. The number of aromatic nitrogens is 1. The van der Waals surface area contributed by atoms with Crippen LogP contribution in [0.4, 0.5) is 0 Å². The van der Waals surface area contributed by atoms with Gasteiger partial charge in [-0.05, 0) is 30.5 Å². The van der Waals surface area contributed by atoms with E-state index in [9.17, 15) is 0 Å². The van der Waals surface area contributed by atoms with Crippen LogP contribution in [-0.4, -0.2) is 18.1 Å². The minimum absolute atomic E-state index is 0.244. The highest BCUT2D eigenvalue weighted by Gasteiger charge is 2.14. The van der Waals surface area contributed by atoms with Gasteiger partial charge in [0.25, 0.3) is 0 Å². The van der Waals surface area contributed by atoms with Gasteiger partial charge in [-0.2, -0.15) is 0 Å². The predicted octanol–water partition coefficient (Wildman–Crippen LogP) is 3.87. The minimum atomic E-state index is 0.244. The molecule has 0 spiro atoms. The first-order valence-corrected chi connectivity index (χ1v) is 8.01. The summed E-state index contributed by atoms with van der Waals surface area (Å²) in [5, 5.41) is 3.72. The summed E-state index contributed by atoms with van der Waals surface area (Å²) in [7, 11) is 0. The second-order valence-corrected chi connectivity index (χ2v) is 5.95. The topological polar surface area (TPSA) is 48.1 Å². The van der Waals surface area contributed by atoms with Crippen LogP contribution in [0.15, 0.2) is 29.8 Å². The quantitative estimate of drug-likeness (QED) is 0.844. The van der Waals surface area contributed by atoms with Gasteiger partial charge in [-0.25, -0.2) is 4.98 Å². The third-order valence-electron chi connectivity index (χ3n) is 3.03. The lowest BCUT2D eigenvalue weighted by atomic mass is 10.00. The fraction of sp³-hybridized carbons (Fsp3) is 0.400. The van der Waals surface area contributed by atoms with Gasteiger partial charge in [0.1, 0.15) is 5.75 Å². The number of nitrogens with two attached hydrogens (primary N) is 1. The number of nitrogens with zero attached hydrogens (tertiary/aromatic N) is 1. The van der Waals surface area contributed by atoms with Gasteiger partial charge >= 0.3 is 0 Å². The van der Waals surface area contributed by atoms with Crippen molar-refractivity contribution in [2.75, 3.05) is 13.2 Å². The summed E-state index contributed by atoms with van der Waals surface area (Å²) in [5.41, 5.74) is 7.01. The Morgan fingerprint density at radius 3 is 2.90 bits per heavy atom. The molecule has 20 heavy (non-hydrogen) atoms. The lowest BCUT2D eigenvalue weighted by Gasteiger charge is -2.13. The van der Waals surface area contributed by atoms with E-state index in [0.29, 0.717) is 18.2 Å². The second-order valence-electron chi connectivity index (χ2n) is 4.62. The van der Waals surface area contributed by atoms with Crippen LogP contribution in [0, 0.1) is 0 Å². The average Bonchev–Trinajstić information content (AvgIpc) is 2.98. The molecular weight excluding hydrogens is 292 g/mol. The smallest absolute Gasteiger partial charge is 0.137 e.